The molecule has 1 amide bonds. The van der Waals surface area contributed by atoms with Crippen molar-refractivity contribution in [2.45, 2.75) is 24.6 Å². The highest BCUT2D eigenvalue weighted by atomic mass is 32.2. The van der Waals surface area contributed by atoms with Gasteiger partial charge in [-0.15, -0.1) is 10.2 Å². The van der Waals surface area contributed by atoms with Crippen LogP contribution in [0.2, 0.25) is 0 Å². The standard InChI is InChI=1S/C17H21N3O5S2/c1-24-14-5-3-2-4-13(14)9-18-15(21)10-26-17-20-19-16(25-17)8-12-6-7-27(22,23)11-12/h2-5,12H,6-11H2,1H3,(H,18,21)/t12-/m0/s1. The van der Waals surface area contributed by atoms with Gasteiger partial charge in [0.1, 0.15) is 5.75 Å². The molecular formula is C17H21N3O5S2. The molecule has 0 spiro atoms. The number of hydrogen-bond acceptors (Lipinski definition) is 8. The number of nitrogens with zero attached hydrogens (tertiary/aromatic N) is 2. The minimum atomic E-state index is -2.92. The second-order valence-corrected chi connectivity index (χ2v) is 9.47. The van der Waals surface area contributed by atoms with Crippen LogP contribution in [0.4, 0.5) is 0 Å². The molecule has 3 rings (SSSR count). The molecular weight excluding hydrogens is 390 g/mol. The first-order chi connectivity index (χ1) is 12.9. The average molecular weight is 412 g/mol. The number of rotatable bonds is 8. The number of carbonyl (C=O) groups is 1. The van der Waals surface area contributed by atoms with E-state index in [4.69, 9.17) is 9.15 Å². The quantitative estimate of drug-likeness (QED) is 0.650. The minimum absolute atomic E-state index is 0.0254. The molecule has 8 nitrogen and oxygen atoms in total. The fraction of sp³-hybridized carbons (Fsp3) is 0.471. The van der Waals surface area contributed by atoms with Crippen molar-refractivity contribution in [2.24, 2.45) is 5.92 Å². The van der Waals surface area contributed by atoms with Crippen molar-refractivity contribution >= 4 is 27.5 Å². The Morgan fingerprint density at radius 1 is 1.37 bits per heavy atom. The Bertz CT molecular complexity index is 897. The molecule has 2 heterocycles. The predicted molar refractivity (Wildman–Crippen MR) is 100 cm³/mol. The first kappa shape index (κ1) is 19.7. The Morgan fingerprint density at radius 2 is 2.19 bits per heavy atom. The lowest BCUT2D eigenvalue weighted by Crippen LogP contribution is -2.24. The van der Waals surface area contributed by atoms with Crippen molar-refractivity contribution in [2.75, 3.05) is 24.4 Å². The maximum atomic E-state index is 12.0. The molecule has 1 N–H and O–H groups in total. The van der Waals surface area contributed by atoms with Crippen LogP contribution in [-0.4, -0.2) is 48.9 Å². The van der Waals surface area contributed by atoms with E-state index in [1.165, 1.54) is 0 Å². The number of aromatic nitrogens is 2. The molecule has 0 unspecified atom stereocenters. The number of methoxy groups -OCH3 is 1. The number of carbonyl (C=O) groups excluding carboxylic acids is 1. The van der Waals surface area contributed by atoms with Crippen molar-refractivity contribution in [3.8, 4) is 5.75 Å². The minimum Gasteiger partial charge on any atom is -0.496 e. The summed E-state index contributed by atoms with van der Waals surface area (Å²) in [4.78, 5) is 12.0. The summed E-state index contributed by atoms with van der Waals surface area (Å²) in [5.41, 5.74) is 0.893. The summed E-state index contributed by atoms with van der Waals surface area (Å²) in [5, 5.41) is 11.0. The third-order valence-electron chi connectivity index (χ3n) is 4.23. The van der Waals surface area contributed by atoms with Gasteiger partial charge in [0.25, 0.3) is 5.22 Å². The number of hydrogen-bond donors (Lipinski definition) is 1. The van der Waals surface area contributed by atoms with E-state index in [1.54, 1.807) is 7.11 Å². The average Bonchev–Trinajstić information content (AvgIpc) is 3.24. The summed E-state index contributed by atoms with van der Waals surface area (Å²) < 4.78 is 33.7. The van der Waals surface area contributed by atoms with E-state index in [1.807, 2.05) is 24.3 Å². The van der Waals surface area contributed by atoms with Crippen molar-refractivity contribution in [1.82, 2.24) is 15.5 Å². The first-order valence-corrected chi connectivity index (χ1v) is 11.3. The fourth-order valence-electron chi connectivity index (χ4n) is 2.88. The normalized spacial score (nSPS) is 18.3. The van der Waals surface area contributed by atoms with Gasteiger partial charge in [0.15, 0.2) is 9.84 Å². The van der Waals surface area contributed by atoms with Crippen molar-refractivity contribution < 1.29 is 22.4 Å². The van der Waals surface area contributed by atoms with Crippen LogP contribution in [0.1, 0.15) is 17.9 Å². The van der Waals surface area contributed by atoms with E-state index in [9.17, 15) is 13.2 Å². The Hall–Kier alpha value is -2.07. The first-order valence-electron chi connectivity index (χ1n) is 8.49. The van der Waals surface area contributed by atoms with Gasteiger partial charge in [-0.2, -0.15) is 0 Å². The molecule has 1 aromatic heterocycles. The van der Waals surface area contributed by atoms with Gasteiger partial charge in [-0.3, -0.25) is 4.79 Å². The number of thioether (sulfide) groups is 1. The zero-order valence-electron chi connectivity index (χ0n) is 14.9. The molecule has 0 saturated carbocycles. The zero-order chi connectivity index (χ0) is 19.3. The molecule has 1 aliphatic heterocycles. The molecule has 0 bridgehead atoms. The lowest BCUT2D eigenvalue weighted by molar-refractivity contribution is -0.118. The summed E-state index contributed by atoms with van der Waals surface area (Å²) in [5.74, 6) is 1.54. The molecule has 0 radical (unpaired) electrons. The van der Waals surface area contributed by atoms with Crippen LogP contribution < -0.4 is 10.1 Å². The molecule has 1 atom stereocenters. The van der Waals surface area contributed by atoms with Gasteiger partial charge in [-0.05, 0) is 18.4 Å². The second kappa shape index (κ2) is 8.75. The van der Waals surface area contributed by atoms with Crippen LogP contribution in [0.15, 0.2) is 33.9 Å². The largest absolute Gasteiger partial charge is 0.496 e. The third-order valence-corrected chi connectivity index (χ3v) is 6.89. The summed E-state index contributed by atoms with van der Waals surface area (Å²) in [6.45, 7) is 0.370. The highest BCUT2D eigenvalue weighted by Crippen LogP contribution is 2.24. The Balaban J connectivity index is 1.43. The summed E-state index contributed by atoms with van der Waals surface area (Å²) in [7, 11) is -1.33. The van der Waals surface area contributed by atoms with Crippen molar-refractivity contribution in [1.29, 1.82) is 0 Å². The summed E-state index contributed by atoms with van der Waals surface area (Å²) in [6, 6.07) is 7.48. The molecule has 1 aliphatic rings. The second-order valence-electron chi connectivity index (χ2n) is 6.31. The number of para-hydroxylation sites is 1. The lowest BCUT2D eigenvalue weighted by atomic mass is 10.1. The molecule has 2 aromatic rings. The number of sulfone groups is 1. The highest BCUT2D eigenvalue weighted by molar-refractivity contribution is 7.99. The topological polar surface area (TPSA) is 111 Å². The molecule has 10 heteroatoms. The van der Waals surface area contributed by atoms with Gasteiger partial charge in [0.2, 0.25) is 11.8 Å². The molecule has 1 aromatic carbocycles. The van der Waals surface area contributed by atoms with Crippen molar-refractivity contribution in [3.05, 3.63) is 35.7 Å². The van der Waals surface area contributed by atoms with Gasteiger partial charge < -0.3 is 14.5 Å². The number of nitrogens with one attached hydrogen (secondary N) is 1. The Kier molecular flexibility index (Phi) is 6.38. The van der Waals surface area contributed by atoms with Gasteiger partial charge >= 0.3 is 0 Å². The fourth-order valence-corrected chi connectivity index (χ4v) is 5.35. The van der Waals surface area contributed by atoms with E-state index in [2.05, 4.69) is 15.5 Å². The van der Waals surface area contributed by atoms with Crippen LogP contribution in [0.25, 0.3) is 0 Å². The highest BCUT2D eigenvalue weighted by Gasteiger charge is 2.29. The van der Waals surface area contributed by atoms with Gasteiger partial charge in [0.05, 0.1) is 24.4 Å². The summed E-state index contributed by atoms with van der Waals surface area (Å²) in [6.07, 6.45) is 1.07. The van der Waals surface area contributed by atoms with Gasteiger partial charge in [-0.1, -0.05) is 30.0 Å². The predicted octanol–water partition coefficient (Wildman–Crippen LogP) is 1.46. The van der Waals surface area contributed by atoms with Crippen LogP contribution in [0, 0.1) is 5.92 Å². The smallest absolute Gasteiger partial charge is 0.277 e. The third kappa shape index (κ3) is 5.70. The molecule has 1 saturated heterocycles. The molecule has 1 fully saturated rings. The molecule has 27 heavy (non-hydrogen) atoms. The lowest BCUT2D eigenvalue weighted by Gasteiger charge is -2.08. The van der Waals surface area contributed by atoms with E-state index < -0.39 is 9.84 Å². The molecule has 146 valence electrons. The monoisotopic (exact) mass is 411 g/mol. The number of amides is 1. The van der Waals surface area contributed by atoms with E-state index in [-0.39, 0.29) is 29.1 Å². The maximum Gasteiger partial charge on any atom is 0.277 e. The van der Waals surface area contributed by atoms with Crippen LogP contribution in [0.5, 0.6) is 5.75 Å². The van der Waals surface area contributed by atoms with Crippen LogP contribution in [0.3, 0.4) is 0 Å². The molecule has 0 aliphatic carbocycles. The van der Waals surface area contributed by atoms with Gasteiger partial charge in [-0.25, -0.2) is 8.42 Å². The van der Waals surface area contributed by atoms with E-state index >= 15 is 0 Å². The van der Waals surface area contributed by atoms with Gasteiger partial charge in [0, 0.05) is 18.5 Å². The SMILES string of the molecule is COc1ccccc1CNC(=O)CSc1nnc(C[C@@H]2CCS(=O)(=O)C2)o1. The van der Waals surface area contributed by atoms with Crippen LogP contribution in [-0.2, 0) is 27.6 Å². The number of ether oxygens (including phenoxy) is 1. The van der Waals surface area contributed by atoms with E-state index in [0.29, 0.717) is 30.5 Å². The Labute approximate surface area is 162 Å². The van der Waals surface area contributed by atoms with E-state index in [0.717, 1.165) is 23.1 Å². The maximum absolute atomic E-state index is 12.0. The summed E-state index contributed by atoms with van der Waals surface area (Å²) >= 11 is 1.15. The number of benzene rings is 1. The van der Waals surface area contributed by atoms with Crippen LogP contribution >= 0.6 is 11.8 Å². The zero-order valence-corrected chi connectivity index (χ0v) is 16.5. The van der Waals surface area contributed by atoms with Crippen molar-refractivity contribution in [3.63, 3.8) is 0 Å². The Morgan fingerprint density at radius 3 is 2.93 bits per heavy atom.